The van der Waals surface area contributed by atoms with Gasteiger partial charge in [0.25, 0.3) is 0 Å². The summed E-state index contributed by atoms with van der Waals surface area (Å²) in [4.78, 5) is 14.5. The molecule has 3 nitrogen and oxygen atoms in total. The highest BCUT2D eigenvalue weighted by Gasteiger charge is 2.35. The maximum Gasteiger partial charge on any atom is 0.230 e. The van der Waals surface area contributed by atoms with Crippen LogP contribution in [0.5, 0.6) is 0 Å². The largest absolute Gasteiger partial charge is 0.341 e. The fourth-order valence-corrected chi connectivity index (χ4v) is 2.68. The SMILES string of the molecule is CCC(CC)(CN)C(=O)N(C)Cc1ccc(C)cc1C. The summed E-state index contributed by atoms with van der Waals surface area (Å²) in [6.45, 7) is 9.32. The number of nitrogens with two attached hydrogens (primary N) is 1. The van der Waals surface area contributed by atoms with Gasteiger partial charge in [-0.05, 0) is 37.8 Å². The zero-order valence-corrected chi connectivity index (χ0v) is 13.5. The van der Waals surface area contributed by atoms with E-state index in [1.54, 1.807) is 0 Å². The van der Waals surface area contributed by atoms with Gasteiger partial charge in [0.2, 0.25) is 5.91 Å². The van der Waals surface area contributed by atoms with E-state index in [0.29, 0.717) is 13.1 Å². The van der Waals surface area contributed by atoms with Crippen LogP contribution in [0, 0.1) is 19.3 Å². The Hall–Kier alpha value is -1.35. The summed E-state index contributed by atoms with van der Waals surface area (Å²) in [6, 6.07) is 6.36. The predicted molar refractivity (Wildman–Crippen MR) is 84.5 cm³/mol. The van der Waals surface area contributed by atoms with E-state index >= 15 is 0 Å². The fraction of sp³-hybridized carbons (Fsp3) is 0.588. The fourth-order valence-electron chi connectivity index (χ4n) is 2.68. The molecular weight excluding hydrogens is 248 g/mol. The Balaban J connectivity index is 2.89. The Bertz CT molecular complexity index is 456. The Morgan fingerprint density at radius 1 is 1.25 bits per heavy atom. The van der Waals surface area contributed by atoms with Gasteiger partial charge in [-0.3, -0.25) is 4.79 Å². The third-order valence-electron chi connectivity index (χ3n) is 4.45. The van der Waals surface area contributed by atoms with Crippen molar-refractivity contribution < 1.29 is 4.79 Å². The average molecular weight is 276 g/mol. The molecule has 2 N–H and O–H groups in total. The molecule has 0 heterocycles. The van der Waals surface area contributed by atoms with Gasteiger partial charge in [0, 0.05) is 20.1 Å². The lowest BCUT2D eigenvalue weighted by Crippen LogP contribution is -2.45. The Morgan fingerprint density at radius 3 is 2.30 bits per heavy atom. The van der Waals surface area contributed by atoms with Crippen LogP contribution in [0.25, 0.3) is 0 Å². The number of nitrogens with zero attached hydrogens (tertiary/aromatic N) is 1. The molecule has 1 amide bonds. The number of carbonyl (C=O) groups is 1. The summed E-state index contributed by atoms with van der Waals surface area (Å²) < 4.78 is 0. The molecule has 0 aliphatic rings. The molecule has 1 rings (SSSR count). The first-order valence-electron chi connectivity index (χ1n) is 7.42. The van der Waals surface area contributed by atoms with Crippen LogP contribution < -0.4 is 5.73 Å². The molecule has 112 valence electrons. The van der Waals surface area contributed by atoms with E-state index in [1.165, 1.54) is 16.7 Å². The molecule has 0 aromatic heterocycles. The summed E-state index contributed by atoms with van der Waals surface area (Å²) in [5, 5.41) is 0. The summed E-state index contributed by atoms with van der Waals surface area (Å²) in [5.74, 6) is 0.157. The highest BCUT2D eigenvalue weighted by atomic mass is 16.2. The highest BCUT2D eigenvalue weighted by Crippen LogP contribution is 2.28. The van der Waals surface area contributed by atoms with Gasteiger partial charge < -0.3 is 10.6 Å². The number of hydrogen-bond donors (Lipinski definition) is 1. The van der Waals surface area contributed by atoms with E-state index in [2.05, 4.69) is 32.0 Å². The summed E-state index contributed by atoms with van der Waals surface area (Å²) in [6.07, 6.45) is 1.58. The first-order chi connectivity index (χ1) is 9.40. The second-order valence-electron chi connectivity index (χ2n) is 5.78. The van der Waals surface area contributed by atoms with Crippen molar-refractivity contribution in [3.63, 3.8) is 0 Å². The number of carbonyl (C=O) groups excluding carboxylic acids is 1. The molecule has 20 heavy (non-hydrogen) atoms. The molecule has 0 aliphatic carbocycles. The van der Waals surface area contributed by atoms with E-state index in [0.717, 1.165) is 12.8 Å². The lowest BCUT2D eigenvalue weighted by molar-refractivity contribution is -0.141. The van der Waals surface area contributed by atoms with Gasteiger partial charge in [-0.15, -0.1) is 0 Å². The van der Waals surface area contributed by atoms with Crippen LogP contribution in [-0.4, -0.2) is 24.4 Å². The van der Waals surface area contributed by atoms with Gasteiger partial charge in [0.1, 0.15) is 0 Å². The van der Waals surface area contributed by atoms with E-state index in [1.807, 2.05) is 25.8 Å². The van der Waals surface area contributed by atoms with Crippen LogP contribution in [0.4, 0.5) is 0 Å². The van der Waals surface area contributed by atoms with Gasteiger partial charge in [-0.2, -0.15) is 0 Å². The summed E-state index contributed by atoms with van der Waals surface area (Å²) in [5.41, 5.74) is 9.13. The van der Waals surface area contributed by atoms with Crippen LogP contribution in [0.2, 0.25) is 0 Å². The zero-order valence-electron chi connectivity index (χ0n) is 13.5. The smallest absolute Gasteiger partial charge is 0.230 e. The topological polar surface area (TPSA) is 46.3 Å². The number of hydrogen-bond acceptors (Lipinski definition) is 2. The van der Waals surface area contributed by atoms with E-state index in [-0.39, 0.29) is 5.91 Å². The lowest BCUT2D eigenvalue weighted by atomic mass is 9.81. The molecular formula is C17H28N2O. The maximum atomic E-state index is 12.7. The minimum atomic E-state index is -0.409. The number of rotatable bonds is 6. The van der Waals surface area contributed by atoms with E-state index in [9.17, 15) is 4.79 Å². The van der Waals surface area contributed by atoms with Crippen molar-refractivity contribution in [3.05, 3.63) is 34.9 Å². The Kier molecular flexibility index (Phi) is 5.75. The molecule has 1 aromatic rings. The van der Waals surface area contributed by atoms with E-state index in [4.69, 9.17) is 5.73 Å². The van der Waals surface area contributed by atoms with Crippen molar-refractivity contribution >= 4 is 5.91 Å². The van der Waals surface area contributed by atoms with Crippen LogP contribution >= 0.6 is 0 Å². The molecule has 1 aromatic carbocycles. The molecule has 0 unspecified atom stereocenters. The van der Waals surface area contributed by atoms with Crippen molar-refractivity contribution in [1.82, 2.24) is 4.90 Å². The standard InChI is InChI=1S/C17H28N2O/c1-6-17(7-2,12-18)16(20)19(5)11-15-9-8-13(3)10-14(15)4/h8-10H,6-7,11-12,18H2,1-5H3. The third kappa shape index (κ3) is 3.40. The maximum absolute atomic E-state index is 12.7. The molecule has 0 fully saturated rings. The molecule has 0 aliphatic heterocycles. The first kappa shape index (κ1) is 16.7. The Morgan fingerprint density at radius 2 is 1.85 bits per heavy atom. The van der Waals surface area contributed by atoms with Crippen molar-refractivity contribution in [2.45, 2.75) is 47.1 Å². The zero-order chi connectivity index (χ0) is 15.3. The Labute approximate surface area is 123 Å². The second kappa shape index (κ2) is 6.89. The second-order valence-corrected chi connectivity index (χ2v) is 5.78. The normalized spacial score (nSPS) is 11.5. The van der Waals surface area contributed by atoms with Crippen LogP contribution in [0.1, 0.15) is 43.4 Å². The molecule has 0 atom stereocenters. The molecule has 0 saturated heterocycles. The van der Waals surface area contributed by atoms with Crippen molar-refractivity contribution in [2.75, 3.05) is 13.6 Å². The molecule has 0 spiro atoms. The lowest BCUT2D eigenvalue weighted by Gasteiger charge is -2.33. The summed E-state index contributed by atoms with van der Waals surface area (Å²) in [7, 11) is 1.87. The van der Waals surface area contributed by atoms with Crippen LogP contribution in [0.3, 0.4) is 0 Å². The quantitative estimate of drug-likeness (QED) is 0.868. The third-order valence-corrected chi connectivity index (χ3v) is 4.45. The molecule has 0 bridgehead atoms. The average Bonchev–Trinajstić information content (AvgIpc) is 2.44. The van der Waals surface area contributed by atoms with Gasteiger partial charge >= 0.3 is 0 Å². The van der Waals surface area contributed by atoms with Gasteiger partial charge in [-0.1, -0.05) is 37.6 Å². The monoisotopic (exact) mass is 276 g/mol. The highest BCUT2D eigenvalue weighted by molar-refractivity contribution is 5.82. The van der Waals surface area contributed by atoms with E-state index < -0.39 is 5.41 Å². The van der Waals surface area contributed by atoms with Crippen LogP contribution in [0.15, 0.2) is 18.2 Å². The van der Waals surface area contributed by atoms with Gasteiger partial charge in [0.15, 0.2) is 0 Å². The van der Waals surface area contributed by atoms with Gasteiger partial charge in [0.05, 0.1) is 5.41 Å². The number of aryl methyl sites for hydroxylation is 2. The van der Waals surface area contributed by atoms with Crippen molar-refractivity contribution in [2.24, 2.45) is 11.1 Å². The summed E-state index contributed by atoms with van der Waals surface area (Å²) >= 11 is 0. The minimum absolute atomic E-state index is 0.157. The van der Waals surface area contributed by atoms with Gasteiger partial charge in [-0.25, -0.2) is 0 Å². The minimum Gasteiger partial charge on any atom is -0.341 e. The van der Waals surface area contributed by atoms with Crippen molar-refractivity contribution in [3.8, 4) is 0 Å². The van der Waals surface area contributed by atoms with Crippen LogP contribution in [-0.2, 0) is 11.3 Å². The molecule has 0 saturated carbocycles. The molecule has 3 heteroatoms. The number of amides is 1. The number of benzene rings is 1. The van der Waals surface area contributed by atoms with Crippen molar-refractivity contribution in [1.29, 1.82) is 0 Å². The molecule has 0 radical (unpaired) electrons. The predicted octanol–water partition coefficient (Wildman–Crippen LogP) is 3.03. The first-order valence-corrected chi connectivity index (χ1v) is 7.42.